The van der Waals surface area contributed by atoms with Gasteiger partial charge in [0.25, 0.3) is 0 Å². The van der Waals surface area contributed by atoms with Gasteiger partial charge in [-0.25, -0.2) is 4.39 Å². The van der Waals surface area contributed by atoms with Crippen LogP contribution in [0.2, 0.25) is 5.02 Å². The third-order valence-corrected chi connectivity index (χ3v) is 3.91. The van der Waals surface area contributed by atoms with Gasteiger partial charge in [-0.05, 0) is 45.6 Å². The molecule has 0 bridgehead atoms. The number of rotatable bonds is 4. The molecule has 0 aliphatic carbocycles. The monoisotopic (exact) mass is 357 g/mol. The van der Waals surface area contributed by atoms with Gasteiger partial charge in [0.2, 0.25) is 0 Å². The smallest absolute Gasteiger partial charge is 0.145 e. The van der Waals surface area contributed by atoms with Gasteiger partial charge in [0, 0.05) is 12.6 Å². The average Bonchev–Trinajstić information content (AvgIpc) is 2.42. The van der Waals surface area contributed by atoms with E-state index in [1.54, 1.807) is 0 Å². The molecule has 2 aromatic carbocycles. The van der Waals surface area contributed by atoms with Gasteiger partial charge in [-0.3, -0.25) is 0 Å². The molecule has 2 nitrogen and oxygen atoms in total. The second-order valence-corrected chi connectivity index (χ2v) is 5.71. The quantitative estimate of drug-likeness (QED) is 0.811. The highest BCUT2D eigenvalue weighted by atomic mass is 79.9. The summed E-state index contributed by atoms with van der Waals surface area (Å²) < 4.78 is 19.7. The van der Waals surface area contributed by atoms with Crippen molar-refractivity contribution in [2.45, 2.75) is 20.1 Å². The molecule has 20 heavy (non-hydrogen) atoms. The number of benzene rings is 2. The minimum Gasteiger partial charge on any atom is -0.488 e. The van der Waals surface area contributed by atoms with Crippen LogP contribution >= 0.6 is 27.5 Å². The Balaban J connectivity index is 2.15. The van der Waals surface area contributed by atoms with Gasteiger partial charge in [-0.15, -0.1) is 0 Å². The van der Waals surface area contributed by atoms with Crippen molar-refractivity contribution in [2.24, 2.45) is 5.73 Å². The summed E-state index contributed by atoms with van der Waals surface area (Å²) >= 11 is 8.99. The molecular formula is C15H14BrClFNO. The standard InChI is InChI=1S/C15H14BrClFNO/c1-9-4-10(7-19)2-3-11(9)8-20-15-6-14(18)13(17)5-12(15)16/h2-6H,7-8,19H2,1H3. The average molecular weight is 359 g/mol. The van der Waals surface area contributed by atoms with Gasteiger partial charge in [0.1, 0.15) is 18.2 Å². The molecule has 2 rings (SSSR count). The lowest BCUT2D eigenvalue weighted by Gasteiger charge is -2.11. The van der Waals surface area contributed by atoms with Crippen molar-refractivity contribution in [1.82, 2.24) is 0 Å². The van der Waals surface area contributed by atoms with Crippen LogP contribution in [0.1, 0.15) is 16.7 Å². The fourth-order valence-corrected chi connectivity index (χ4v) is 2.57. The molecule has 106 valence electrons. The largest absolute Gasteiger partial charge is 0.488 e. The summed E-state index contributed by atoms with van der Waals surface area (Å²) in [6.45, 7) is 2.86. The van der Waals surface area contributed by atoms with Crippen LogP contribution in [0.5, 0.6) is 5.75 Å². The number of aryl methyl sites for hydroxylation is 1. The van der Waals surface area contributed by atoms with Crippen molar-refractivity contribution in [3.8, 4) is 5.75 Å². The van der Waals surface area contributed by atoms with E-state index in [9.17, 15) is 4.39 Å². The summed E-state index contributed by atoms with van der Waals surface area (Å²) in [5.74, 6) is -0.0748. The Kier molecular flexibility index (Phi) is 5.02. The fourth-order valence-electron chi connectivity index (χ4n) is 1.82. The third kappa shape index (κ3) is 3.51. The zero-order chi connectivity index (χ0) is 14.7. The van der Waals surface area contributed by atoms with E-state index in [1.165, 1.54) is 12.1 Å². The first-order valence-electron chi connectivity index (χ1n) is 6.07. The first-order chi connectivity index (χ1) is 9.51. The van der Waals surface area contributed by atoms with E-state index in [-0.39, 0.29) is 5.02 Å². The summed E-state index contributed by atoms with van der Waals surface area (Å²) in [5, 5.41) is 0.0627. The maximum Gasteiger partial charge on any atom is 0.145 e. The van der Waals surface area contributed by atoms with Crippen molar-refractivity contribution in [3.63, 3.8) is 0 Å². The van der Waals surface area contributed by atoms with Crippen LogP contribution in [0, 0.1) is 12.7 Å². The molecular weight excluding hydrogens is 345 g/mol. The molecule has 0 aliphatic rings. The third-order valence-electron chi connectivity index (χ3n) is 3.00. The predicted molar refractivity (Wildman–Crippen MR) is 82.5 cm³/mol. The Labute approximate surface area is 130 Å². The molecule has 0 radical (unpaired) electrons. The zero-order valence-electron chi connectivity index (χ0n) is 10.9. The highest BCUT2D eigenvalue weighted by molar-refractivity contribution is 9.10. The summed E-state index contributed by atoms with van der Waals surface area (Å²) in [4.78, 5) is 0. The van der Waals surface area contributed by atoms with E-state index in [0.717, 1.165) is 16.7 Å². The van der Waals surface area contributed by atoms with Crippen molar-refractivity contribution in [2.75, 3.05) is 0 Å². The van der Waals surface area contributed by atoms with Crippen LogP contribution in [0.15, 0.2) is 34.8 Å². The molecule has 0 spiro atoms. The minimum absolute atomic E-state index is 0.0627. The maximum atomic E-state index is 13.4. The Morgan fingerprint density at radius 2 is 2.05 bits per heavy atom. The first-order valence-corrected chi connectivity index (χ1v) is 7.24. The van der Waals surface area contributed by atoms with Gasteiger partial charge >= 0.3 is 0 Å². The van der Waals surface area contributed by atoms with Crippen molar-refractivity contribution in [1.29, 1.82) is 0 Å². The molecule has 5 heteroatoms. The van der Waals surface area contributed by atoms with Gasteiger partial charge in [-0.1, -0.05) is 29.8 Å². The number of hydrogen-bond acceptors (Lipinski definition) is 2. The Morgan fingerprint density at radius 1 is 1.30 bits per heavy atom. The lowest BCUT2D eigenvalue weighted by molar-refractivity contribution is 0.302. The number of ether oxygens (including phenoxy) is 1. The van der Waals surface area contributed by atoms with Crippen molar-refractivity contribution >= 4 is 27.5 Å². The van der Waals surface area contributed by atoms with Crippen LogP contribution in [0.3, 0.4) is 0 Å². The second kappa shape index (κ2) is 6.57. The van der Waals surface area contributed by atoms with Crippen molar-refractivity contribution in [3.05, 3.63) is 62.3 Å². The van der Waals surface area contributed by atoms with E-state index in [0.29, 0.717) is 23.4 Å². The normalized spacial score (nSPS) is 10.7. The Morgan fingerprint density at radius 3 is 2.70 bits per heavy atom. The highest BCUT2D eigenvalue weighted by Crippen LogP contribution is 2.31. The number of halogens is 3. The summed E-state index contributed by atoms with van der Waals surface area (Å²) in [7, 11) is 0. The molecule has 0 heterocycles. The maximum absolute atomic E-state index is 13.4. The summed E-state index contributed by atoms with van der Waals surface area (Å²) in [6, 6.07) is 8.71. The van der Waals surface area contributed by atoms with Crippen LogP contribution in [0.4, 0.5) is 4.39 Å². The van der Waals surface area contributed by atoms with Gasteiger partial charge < -0.3 is 10.5 Å². The topological polar surface area (TPSA) is 35.2 Å². The molecule has 0 fully saturated rings. The number of hydrogen-bond donors (Lipinski definition) is 1. The fraction of sp³-hybridized carbons (Fsp3) is 0.200. The van der Waals surface area contributed by atoms with Crippen LogP contribution in [0.25, 0.3) is 0 Å². The second-order valence-electron chi connectivity index (χ2n) is 4.45. The van der Waals surface area contributed by atoms with Crippen LogP contribution in [-0.4, -0.2) is 0 Å². The van der Waals surface area contributed by atoms with Gasteiger partial charge in [0.05, 0.1) is 9.50 Å². The van der Waals surface area contributed by atoms with E-state index in [1.807, 2.05) is 25.1 Å². The molecule has 2 aromatic rings. The van der Waals surface area contributed by atoms with Gasteiger partial charge in [0.15, 0.2) is 0 Å². The van der Waals surface area contributed by atoms with Crippen LogP contribution < -0.4 is 10.5 Å². The van der Waals surface area contributed by atoms with E-state index in [2.05, 4.69) is 15.9 Å². The summed E-state index contributed by atoms with van der Waals surface area (Å²) in [5.41, 5.74) is 8.79. The molecule has 0 saturated carbocycles. The van der Waals surface area contributed by atoms with Gasteiger partial charge in [-0.2, -0.15) is 0 Å². The van der Waals surface area contributed by atoms with E-state index in [4.69, 9.17) is 22.1 Å². The molecule has 0 amide bonds. The number of nitrogens with two attached hydrogens (primary N) is 1. The zero-order valence-corrected chi connectivity index (χ0v) is 13.3. The minimum atomic E-state index is -0.500. The molecule has 0 saturated heterocycles. The Hall–Kier alpha value is -1.10. The van der Waals surface area contributed by atoms with Crippen molar-refractivity contribution < 1.29 is 9.13 Å². The molecule has 0 aromatic heterocycles. The SMILES string of the molecule is Cc1cc(CN)ccc1COc1cc(F)c(Cl)cc1Br. The lowest BCUT2D eigenvalue weighted by Crippen LogP contribution is -2.02. The van der Waals surface area contributed by atoms with E-state index >= 15 is 0 Å². The molecule has 0 atom stereocenters. The molecule has 0 aliphatic heterocycles. The van der Waals surface area contributed by atoms with Crippen LogP contribution in [-0.2, 0) is 13.2 Å². The first kappa shape index (κ1) is 15.3. The lowest BCUT2D eigenvalue weighted by atomic mass is 10.1. The van der Waals surface area contributed by atoms with E-state index < -0.39 is 5.82 Å². The molecule has 0 unspecified atom stereocenters. The Bertz CT molecular complexity index is 634. The predicted octanol–water partition coefficient (Wildman–Crippen LogP) is 4.59. The highest BCUT2D eigenvalue weighted by Gasteiger charge is 2.09. The molecule has 2 N–H and O–H groups in total. The summed E-state index contributed by atoms with van der Waals surface area (Å²) in [6.07, 6.45) is 0.